The summed E-state index contributed by atoms with van der Waals surface area (Å²) in [6.45, 7) is 5.49. The van der Waals surface area contributed by atoms with Gasteiger partial charge in [0.25, 0.3) is 0 Å². The maximum atomic E-state index is 5.86. The number of nitrogens with two attached hydrogens (primary N) is 1. The topological polar surface area (TPSA) is 38.0 Å². The first kappa shape index (κ1) is 28.4. The Hall–Kier alpha value is -4.40. The molecule has 2 aromatic rings. The van der Waals surface area contributed by atoms with Gasteiger partial charge >= 0.3 is 0 Å². The van der Waals surface area contributed by atoms with Crippen molar-refractivity contribution in [2.45, 2.75) is 44.9 Å². The first-order chi connectivity index (χ1) is 21.7. The summed E-state index contributed by atoms with van der Waals surface area (Å²) >= 11 is 0. The van der Waals surface area contributed by atoms with Crippen LogP contribution in [0.15, 0.2) is 127 Å². The van der Waals surface area contributed by atoms with Crippen LogP contribution in [0.5, 0.6) is 0 Å². The standard InChI is InChI=1S/C42H42N2/c1-2-29(24-25-43)32-9-7-10-33(27-32)37-22-20-35(39-12-3-5-14-41(37)39)30-16-18-31(19-17-30)36-21-23-38(34-11-8-26-44-28-34)42-15-6-4-13-40(36)42/h2-3,5-8,10-12,14-16,18,21,23-24,26-27,32,44H,1,4,9,13,17,19-20,22,25,28,43H2/b29-24+. The second kappa shape index (κ2) is 12.7. The molecular weight excluding hydrogens is 532 g/mol. The molecule has 44 heavy (non-hydrogen) atoms. The minimum absolute atomic E-state index is 0.342. The van der Waals surface area contributed by atoms with Crippen molar-refractivity contribution in [3.8, 4) is 0 Å². The molecule has 4 aliphatic carbocycles. The van der Waals surface area contributed by atoms with Crippen molar-refractivity contribution < 1.29 is 0 Å². The lowest BCUT2D eigenvalue weighted by molar-refractivity contribution is 0.776. The van der Waals surface area contributed by atoms with Crippen LogP contribution in [-0.4, -0.2) is 13.1 Å². The van der Waals surface area contributed by atoms with Crippen LogP contribution in [0.1, 0.15) is 60.8 Å². The lowest BCUT2D eigenvalue weighted by Crippen LogP contribution is -2.33. The van der Waals surface area contributed by atoms with Gasteiger partial charge in [-0.05, 0) is 129 Å². The van der Waals surface area contributed by atoms with Crippen molar-refractivity contribution in [3.63, 3.8) is 0 Å². The summed E-state index contributed by atoms with van der Waals surface area (Å²) in [6, 6.07) is 13.8. The van der Waals surface area contributed by atoms with Gasteiger partial charge < -0.3 is 11.1 Å². The van der Waals surface area contributed by atoms with E-state index in [2.05, 4.69) is 109 Å². The van der Waals surface area contributed by atoms with E-state index in [0.29, 0.717) is 12.5 Å². The Kier molecular flexibility index (Phi) is 8.18. The van der Waals surface area contributed by atoms with E-state index in [4.69, 9.17) is 5.73 Å². The summed E-state index contributed by atoms with van der Waals surface area (Å²) < 4.78 is 0. The first-order valence-corrected chi connectivity index (χ1v) is 16.3. The number of rotatable bonds is 7. The Balaban J connectivity index is 1.25. The summed E-state index contributed by atoms with van der Waals surface area (Å²) in [5.41, 5.74) is 21.5. The highest BCUT2D eigenvalue weighted by molar-refractivity contribution is 5.85. The number of hydrogen-bond acceptors (Lipinski definition) is 2. The van der Waals surface area contributed by atoms with E-state index >= 15 is 0 Å². The Labute approximate surface area is 262 Å². The van der Waals surface area contributed by atoms with E-state index in [-0.39, 0.29) is 0 Å². The lowest BCUT2D eigenvalue weighted by atomic mass is 9.79. The number of nitrogens with one attached hydrogen (secondary N) is 1. The van der Waals surface area contributed by atoms with E-state index in [1.807, 2.05) is 12.3 Å². The Morgan fingerprint density at radius 2 is 1.64 bits per heavy atom. The van der Waals surface area contributed by atoms with Gasteiger partial charge in [-0.15, -0.1) is 0 Å². The molecule has 1 unspecified atom stereocenters. The normalized spacial score (nSPS) is 21.0. The van der Waals surface area contributed by atoms with Gasteiger partial charge in [0.1, 0.15) is 0 Å². The summed E-state index contributed by atoms with van der Waals surface area (Å²) in [4.78, 5) is 0. The predicted molar refractivity (Wildman–Crippen MR) is 189 cm³/mol. The van der Waals surface area contributed by atoms with E-state index in [0.717, 1.165) is 51.5 Å². The zero-order chi connectivity index (χ0) is 29.9. The van der Waals surface area contributed by atoms with Crippen molar-refractivity contribution in [3.05, 3.63) is 159 Å². The van der Waals surface area contributed by atoms with Crippen LogP contribution in [0.2, 0.25) is 0 Å². The van der Waals surface area contributed by atoms with Gasteiger partial charge in [0.05, 0.1) is 0 Å². The van der Waals surface area contributed by atoms with E-state index < -0.39 is 0 Å². The second-order valence-electron chi connectivity index (χ2n) is 12.3. The first-order valence-electron chi connectivity index (χ1n) is 16.3. The van der Waals surface area contributed by atoms with Gasteiger partial charge in [0.2, 0.25) is 0 Å². The van der Waals surface area contributed by atoms with Crippen LogP contribution in [0.3, 0.4) is 0 Å². The molecule has 2 nitrogen and oxygen atoms in total. The molecule has 5 aliphatic rings. The highest BCUT2D eigenvalue weighted by Crippen LogP contribution is 2.39. The fourth-order valence-electron chi connectivity index (χ4n) is 7.69. The minimum atomic E-state index is 0.342. The average molecular weight is 575 g/mol. The smallest absolute Gasteiger partial charge is 0.0401 e. The van der Waals surface area contributed by atoms with E-state index in [9.17, 15) is 0 Å². The molecule has 0 bridgehead atoms. The van der Waals surface area contributed by atoms with Crippen LogP contribution >= 0.6 is 0 Å². The van der Waals surface area contributed by atoms with E-state index in [1.54, 1.807) is 0 Å². The zero-order valence-corrected chi connectivity index (χ0v) is 25.6. The van der Waals surface area contributed by atoms with Crippen LogP contribution in [0.4, 0.5) is 0 Å². The number of hydrogen-bond donors (Lipinski definition) is 2. The molecule has 1 atom stereocenters. The number of dihydropyridines is 1. The van der Waals surface area contributed by atoms with Crippen LogP contribution in [0.25, 0.3) is 28.4 Å². The Bertz CT molecular complexity index is 1880. The van der Waals surface area contributed by atoms with Gasteiger partial charge in [-0.25, -0.2) is 0 Å². The van der Waals surface area contributed by atoms with Gasteiger partial charge in [-0.2, -0.15) is 0 Å². The number of benzene rings is 2. The maximum absolute atomic E-state index is 5.86. The molecule has 0 radical (unpaired) electrons. The largest absolute Gasteiger partial charge is 0.387 e. The summed E-state index contributed by atoms with van der Waals surface area (Å²) in [5, 5.41) is 6.18. The Morgan fingerprint density at radius 3 is 2.41 bits per heavy atom. The third-order valence-electron chi connectivity index (χ3n) is 9.87. The molecule has 2 aromatic carbocycles. The zero-order valence-electron chi connectivity index (χ0n) is 25.6. The maximum Gasteiger partial charge on any atom is 0.0401 e. The summed E-state index contributed by atoms with van der Waals surface area (Å²) in [7, 11) is 0. The monoisotopic (exact) mass is 574 g/mol. The van der Waals surface area contributed by atoms with Crippen molar-refractivity contribution in [1.29, 1.82) is 0 Å². The molecule has 0 fully saturated rings. The average Bonchev–Trinajstić information content (AvgIpc) is 3.10. The molecule has 0 aromatic heterocycles. The predicted octanol–water partition coefficient (Wildman–Crippen LogP) is 7.62. The number of fused-ring (bicyclic) bond motifs is 2. The van der Waals surface area contributed by atoms with Crippen molar-refractivity contribution in [2.24, 2.45) is 11.7 Å². The molecular formula is C42H42N2. The molecule has 0 saturated heterocycles. The third kappa shape index (κ3) is 5.40. The van der Waals surface area contributed by atoms with Crippen molar-refractivity contribution in [2.75, 3.05) is 13.1 Å². The van der Waals surface area contributed by atoms with Gasteiger partial charge in [0, 0.05) is 19.0 Å². The molecule has 2 heteroatoms. The quantitative estimate of drug-likeness (QED) is 0.334. The molecule has 0 spiro atoms. The van der Waals surface area contributed by atoms with Gasteiger partial charge in [-0.3, -0.25) is 0 Å². The SMILES string of the molecule is C=C/C(=C\CN)C1C=C(C2=c3ccccc3=C(C3=CC=C(c4ccc(C5=CC=CNC5)c5c4CCC=C5)CC3)CC2)C=CC1. The highest BCUT2D eigenvalue weighted by atomic mass is 14.8. The molecule has 7 rings (SSSR count). The van der Waals surface area contributed by atoms with E-state index in [1.165, 1.54) is 71.7 Å². The lowest BCUT2D eigenvalue weighted by Gasteiger charge is -2.26. The molecule has 0 saturated carbocycles. The molecule has 3 N–H and O–H groups in total. The van der Waals surface area contributed by atoms with Gasteiger partial charge in [0.15, 0.2) is 0 Å². The van der Waals surface area contributed by atoms with Crippen LogP contribution in [0, 0.1) is 5.92 Å². The minimum Gasteiger partial charge on any atom is -0.387 e. The number of allylic oxidation sites excluding steroid dienone is 13. The third-order valence-corrected chi connectivity index (χ3v) is 9.87. The molecule has 0 amide bonds. The summed E-state index contributed by atoms with van der Waals surface area (Å²) in [6.07, 6.45) is 34.7. The molecule has 220 valence electrons. The molecule has 1 heterocycles. The fraction of sp³-hybridized carbons (Fsp3) is 0.238. The highest BCUT2D eigenvalue weighted by Gasteiger charge is 2.23. The summed E-state index contributed by atoms with van der Waals surface area (Å²) in [5.74, 6) is 0.342. The van der Waals surface area contributed by atoms with Crippen LogP contribution < -0.4 is 21.5 Å². The van der Waals surface area contributed by atoms with Crippen molar-refractivity contribution >= 4 is 28.4 Å². The van der Waals surface area contributed by atoms with Gasteiger partial charge in [-0.1, -0.05) is 104 Å². The van der Waals surface area contributed by atoms with Crippen LogP contribution in [-0.2, 0) is 6.42 Å². The van der Waals surface area contributed by atoms with Crippen molar-refractivity contribution in [1.82, 2.24) is 5.32 Å². The second-order valence-corrected chi connectivity index (χ2v) is 12.3. The molecule has 1 aliphatic heterocycles. The fourth-order valence-corrected chi connectivity index (χ4v) is 7.69. The Morgan fingerprint density at radius 1 is 0.841 bits per heavy atom.